The average molecular weight is 364 g/mol. The van der Waals surface area contributed by atoms with E-state index in [0.29, 0.717) is 6.42 Å². The molecule has 0 heterocycles. The van der Waals surface area contributed by atoms with Gasteiger partial charge in [-0.15, -0.1) is 0 Å². The topological polar surface area (TPSA) is 88.1 Å². The summed E-state index contributed by atoms with van der Waals surface area (Å²) in [5, 5.41) is 0. The number of esters is 2. The lowest BCUT2D eigenvalue weighted by molar-refractivity contribution is -0.161. The van der Waals surface area contributed by atoms with E-state index < -0.39 is 44.0 Å². The van der Waals surface area contributed by atoms with Gasteiger partial charge in [0.25, 0.3) is 0 Å². The van der Waals surface area contributed by atoms with Gasteiger partial charge in [-0.1, -0.05) is 13.0 Å². The molecule has 0 aromatic rings. The maximum Gasteiger partial charge on any atom is 0.359 e. The quantitative estimate of drug-likeness (QED) is 0.362. The standard InChI is InChI=1S/C16H29O7P/c1-8-9-10-24(19,22-11-20-13(17)15(2,3)4)23-12-21-14(18)16(5,6)7/h9-10H,8,11-12H2,1-7H3/b10-9+. The zero-order valence-corrected chi connectivity index (χ0v) is 16.5. The van der Waals surface area contributed by atoms with Gasteiger partial charge in [-0.3, -0.25) is 23.2 Å². The third kappa shape index (κ3) is 9.21. The predicted octanol–water partition coefficient (Wildman–Crippen LogP) is 4.23. The van der Waals surface area contributed by atoms with Gasteiger partial charge >= 0.3 is 19.5 Å². The highest BCUT2D eigenvalue weighted by Crippen LogP contribution is 2.50. The molecule has 0 bridgehead atoms. The molecular formula is C16H29O7P. The maximum absolute atomic E-state index is 12.5. The molecule has 8 heteroatoms. The van der Waals surface area contributed by atoms with E-state index in [1.54, 1.807) is 47.6 Å². The van der Waals surface area contributed by atoms with E-state index in [9.17, 15) is 14.2 Å². The molecule has 24 heavy (non-hydrogen) atoms. The number of allylic oxidation sites excluding steroid dienone is 1. The van der Waals surface area contributed by atoms with Crippen LogP contribution in [-0.4, -0.2) is 25.5 Å². The Kier molecular flexibility index (Phi) is 8.89. The van der Waals surface area contributed by atoms with Crippen LogP contribution < -0.4 is 0 Å². The van der Waals surface area contributed by atoms with E-state index >= 15 is 0 Å². The highest BCUT2D eigenvalue weighted by atomic mass is 31.2. The van der Waals surface area contributed by atoms with Crippen molar-refractivity contribution in [2.24, 2.45) is 10.8 Å². The van der Waals surface area contributed by atoms with Gasteiger partial charge in [0.2, 0.25) is 13.6 Å². The third-order valence-corrected chi connectivity index (χ3v) is 4.10. The minimum Gasteiger partial charge on any atom is -0.438 e. The molecule has 0 radical (unpaired) electrons. The lowest BCUT2D eigenvalue weighted by atomic mass is 9.98. The van der Waals surface area contributed by atoms with Crippen LogP contribution in [0.2, 0.25) is 0 Å². The van der Waals surface area contributed by atoms with Gasteiger partial charge in [-0.25, -0.2) is 0 Å². The fourth-order valence-corrected chi connectivity index (χ4v) is 2.21. The molecule has 0 aliphatic carbocycles. The summed E-state index contributed by atoms with van der Waals surface area (Å²) < 4.78 is 32.5. The minimum atomic E-state index is -3.69. The molecule has 0 aromatic carbocycles. The number of hydrogen-bond donors (Lipinski definition) is 0. The zero-order chi connectivity index (χ0) is 19.0. The smallest absolute Gasteiger partial charge is 0.359 e. The second kappa shape index (κ2) is 9.35. The fourth-order valence-electron chi connectivity index (χ4n) is 1.10. The Morgan fingerprint density at radius 1 is 0.875 bits per heavy atom. The number of carbonyl (C=O) groups is 2. The zero-order valence-electron chi connectivity index (χ0n) is 15.6. The van der Waals surface area contributed by atoms with Crippen molar-refractivity contribution in [1.29, 1.82) is 0 Å². The fraction of sp³-hybridized carbons (Fsp3) is 0.750. The summed E-state index contributed by atoms with van der Waals surface area (Å²) in [6.45, 7) is 10.9. The van der Waals surface area contributed by atoms with Crippen LogP contribution in [0.5, 0.6) is 0 Å². The van der Waals surface area contributed by atoms with Crippen molar-refractivity contribution in [3.05, 3.63) is 11.9 Å². The lowest BCUT2D eigenvalue weighted by Crippen LogP contribution is -2.24. The molecule has 0 unspecified atom stereocenters. The first kappa shape index (κ1) is 22.8. The molecule has 0 saturated carbocycles. The lowest BCUT2D eigenvalue weighted by Gasteiger charge is -2.20. The summed E-state index contributed by atoms with van der Waals surface area (Å²) in [5.41, 5.74) is -1.40. The average Bonchev–Trinajstić information content (AvgIpc) is 2.43. The van der Waals surface area contributed by atoms with Crippen LogP contribution in [0.15, 0.2) is 11.9 Å². The van der Waals surface area contributed by atoms with E-state index in [0.717, 1.165) is 0 Å². The number of rotatable bonds is 8. The van der Waals surface area contributed by atoms with Gasteiger partial charge in [0.05, 0.1) is 10.8 Å². The van der Waals surface area contributed by atoms with E-state index in [1.807, 2.05) is 6.92 Å². The molecular weight excluding hydrogens is 335 g/mol. The van der Waals surface area contributed by atoms with Gasteiger partial charge in [0.15, 0.2) is 0 Å². The van der Waals surface area contributed by atoms with Crippen LogP contribution in [0.3, 0.4) is 0 Å². The third-order valence-electron chi connectivity index (χ3n) is 2.59. The Morgan fingerprint density at radius 2 is 1.25 bits per heavy atom. The molecule has 0 spiro atoms. The van der Waals surface area contributed by atoms with Crippen molar-refractivity contribution in [2.75, 3.05) is 13.6 Å². The summed E-state index contributed by atoms with van der Waals surface area (Å²) in [6.07, 6.45) is 2.21. The molecule has 0 aromatic heterocycles. The second-order valence-corrected chi connectivity index (χ2v) is 9.08. The van der Waals surface area contributed by atoms with Crippen LogP contribution in [0.1, 0.15) is 54.9 Å². The first-order chi connectivity index (χ1) is 10.8. The molecule has 0 amide bonds. The summed E-state index contributed by atoms with van der Waals surface area (Å²) >= 11 is 0. The van der Waals surface area contributed by atoms with Crippen LogP contribution >= 0.6 is 7.60 Å². The van der Waals surface area contributed by atoms with Gasteiger partial charge < -0.3 is 9.47 Å². The monoisotopic (exact) mass is 364 g/mol. The van der Waals surface area contributed by atoms with E-state index in [1.165, 1.54) is 5.82 Å². The van der Waals surface area contributed by atoms with Crippen molar-refractivity contribution in [1.82, 2.24) is 0 Å². The van der Waals surface area contributed by atoms with Crippen molar-refractivity contribution in [3.8, 4) is 0 Å². The molecule has 140 valence electrons. The van der Waals surface area contributed by atoms with Crippen molar-refractivity contribution in [3.63, 3.8) is 0 Å². The molecule has 0 fully saturated rings. The number of ether oxygens (including phenoxy) is 2. The highest BCUT2D eigenvalue weighted by Gasteiger charge is 2.28. The number of hydrogen-bond acceptors (Lipinski definition) is 7. The van der Waals surface area contributed by atoms with Crippen LogP contribution in [-0.2, 0) is 32.7 Å². The SMILES string of the molecule is CC/C=C/P(=O)(OCOC(=O)C(C)(C)C)OCOC(=O)C(C)(C)C. The molecule has 0 N–H and O–H groups in total. The van der Waals surface area contributed by atoms with Gasteiger partial charge in [-0.2, -0.15) is 0 Å². The summed E-state index contributed by atoms with van der Waals surface area (Å²) in [4.78, 5) is 23.3. The largest absolute Gasteiger partial charge is 0.438 e. The van der Waals surface area contributed by atoms with Crippen LogP contribution in [0.25, 0.3) is 0 Å². The van der Waals surface area contributed by atoms with Crippen LogP contribution in [0.4, 0.5) is 0 Å². The molecule has 7 nitrogen and oxygen atoms in total. The van der Waals surface area contributed by atoms with Gasteiger partial charge in [0, 0.05) is 5.82 Å². The summed E-state index contributed by atoms with van der Waals surface area (Å²) in [5.74, 6) is 0.267. The Hall–Kier alpha value is -1.17. The van der Waals surface area contributed by atoms with Gasteiger partial charge in [-0.05, 0) is 48.0 Å². The van der Waals surface area contributed by atoms with E-state index in [-0.39, 0.29) is 0 Å². The maximum atomic E-state index is 12.5. The predicted molar refractivity (Wildman–Crippen MR) is 90.0 cm³/mol. The first-order valence-electron chi connectivity index (χ1n) is 7.73. The van der Waals surface area contributed by atoms with Crippen molar-refractivity contribution in [2.45, 2.75) is 54.9 Å². The summed E-state index contributed by atoms with van der Waals surface area (Å²) in [7, 11) is -3.69. The van der Waals surface area contributed by atoms with E-state index in [2.05, 4.69) is 0 Å². The molecule has 0 aliphatic heterocycles. The molecule has 0 rings (SSSR count). The van der Waals surface area contributed by atoms with Crippen molar-refractivity contribution < 1.29 is 32.7 Å². The highest BCUT2D eigenvalue weighted by molar-refractivity contribution is 7.57. The Labute approximate surface area is 144 Å². The van der Waals surface area contributed by atoms with Crippen molar-refractivity contribution >= 4 is 19.5 Å². The molecule has 0 saturated heterocycles. The normalized spacial score (nSPS) is 13.1. The Morgan fingerprint density at radius 3 is 1.54 bits per heavy atom. The minimum absolute atomic E-state index is 0.493. The van der Waals surface area contributed by atoms with E-state index in [4.69, 9.17) is 18.5 Å². The Balaban J connectivity index is 4.63. The molecule has 0 atom stereocenters. The first-order valence-corrected chi connectivity index (χ1v) is 9.34. The van der Waals surface area contributed by atoms with Gasteiger partial charge in [0.1, 0.15) is 0 Å². The van der Waals surface area contributed by atoms with Crippen LogP contribution in [0, 0.1) is 10.8 Å². The Bertz CT molecular complexity index is 462. The number of carbonyl (C=O) groups excluding carboxylic acids is 2. The summed E-state index contributed by atoms with van der Waals surface area (Å²) in [6, 6.07) is 0. The molecule has 0 aliphatic rings. The second-order valence-electron chi connectivity index (χ2n) is 7.19.